The standard InChI is InChI=1S/C16H16BrClFNO/c1-2-13(20)8-10-7-11(17)3-5-15(10)21-16-6-4-12(19)9-14(16)18/h3-7,9,13H,2,8,20H2,1H3. The smallest absolute Gasteiger partial charge is 0.146 e. The molecule has 0 heterocycles. The van der Waals surface area contributed by atoms with Crippen molar-refractivity contribution in [2.24, 2.45) is 5.73 Å². The average molecular weight is 373 g/mol. The molecule has 0 fully saturated rings. The summed E-state index contributed by atoms with van der Waals surface area (Å²) in [5.74, 6) is 0.707. The van der Waals surface area contributed by atoms with E-state index < -0.39 is 5.82 Å². The van der Waals surface area contributed by atoms with E-state index in [1.165, 1.54) is 18.2 Å². The predicted octanol–water partition coefficient (Wildman–Crippen LogP) is 5.31. The highest BCUT2D eigenvalue weighted by Gasteiger charge is 2.11. The van der Waals surface area contributed by atoms with E-state index in [-0.39, 0.29) is 11.1 Å². The minimum absolute atomic E-state index is 0.0605. The maximum Gasteiger partial charge on any atom is 0.146 e. The fourth-order valence-corrected chi connectivity index (χ4v) is 2.52. The second kappa shape index (κ2) is 7.25. The summed E-state index contributed by atoms with van der Waals surface area (Å²) in [4.78, 5) is 0. The van der Waals surface area contributed by atoms with Crippen molar-refractivity contribution in [3.8, 4) is 11.5 Å². The number of ether oxygens (including phenoxy) is 1. The Morgan fingerprint density at radius 2 is 1.95 bits per heavy atom. The van der Waals surface area contributed by atoms with Crippen LogP contribution in [0.2, 0.25) is 5.02 Å². The molecule has 0 amide bonds. The molecule has 0 saturated carbocycles. The van der Waals surface area contributed by atoms with Crippen LogP contribution in [-0.2, 0) is 6.42 Å². The maximum absolute atomic E-state index is 13.1. The van der Waals surface area contributed by atoms with Crippen molar-refractivity contribution in [3.05, 3.63) is 57.3 Å². The molecule has 0 radical (unpaired) electrons. The number of nitrogens with two attached hydrogens (primary N) is 1. The third-order valence-corrected chi connectivity index (χ3v) is 3.93. The topological polar surface area (TPSA) is 35.2 Å². The van der Waals surface area contributed by atoms with Gasteiger partial charge in [0.15, 0.2) is 0 Å². The van der Waals surface area contributed by atoms with Crippen LogP contribution in [0.15, 0.2) is 40.9 Å². The summed E-state index contributed by atoms with van der Waals surface area (Å²) >= 11 is 9.44. The summed E-state index contributed by atoms with van der Waals surface area (Å²) in [6, 6.07) is 9.83. The molecule has 1 atom stereocenters. The molecular formula is C16H16BrClFNO. The van der Waals surface area contributed by atoms with Crippen molar-refractivity contribution < 1.29 is 9.13 Å². The van der Waals surface area contributed by atoms with Crippen LogP contribution >= 0.6 is 27.5 Å². The molecular weight excluding hydrogens is 357 g/mol. The van der Waals surface area contributed by atoms with Crippen LogP contribution in [-0.4, -0.2) is 6.04 Å². The lowest BCUT2D eigenvalue weighted by Gasteiger charge is -2.15. The fourth-order valence-electron chi connectivity index (χ4n) is 1.91. The third-order valence-electron chi connectivity index (χ3n) is 3.14. The minimum Gasteiger partial charge on any atom is -0.456 e. The van der Waals surface area contributed by atoms with Crippen LogP contribution in [0.5, 0.6) is 11.5 Å². The van der Waals surface area contributed by atoms with E-state index in [0.29, 0.717) is 17.9 Å². The Morgan fingerprint density at radius 1 is 1.24 bits per heavy atom. The van der Waals surface area contributed by atoms with Gasteiger partial charge in [-0.15, -0.1) is 0 Å². The number of rotatable bonds is 5. The first-order valence-corrected chi connectivity index (χ1v) is 7.83. The van der Waals surface area contributed by atoms with Crippen LogP contribution in [0.3, 0.4) is 0 Å². The van der Waals surface area contributed by atoms with E-state index >= 15 is 0 Å². The Morgan fingerprint density at radius 3 is 2.62 bits per heavy atom. The van der Waals surface area contributed by atoms with Gasteiger partial charge in [0.05, 0.1) is 5.02 Å². The van der Waals surface area contributed by atoms with Gasteiger partial charge in [-0.05, 0) is 54.8 Å². The van der Waals surface area contributed by atoms with Gasteiger partial charge in [-0.2, -0.15) is 0 Å². The highest BCUT2D eigenvalue weighted by atomic mass is 79.9. The molecule has 2 N–H and O–H groups in total. The number of hydrogen-bond acceptors (Lipinski definition) is 2. The molecule has 0 aliphatic heterocycles. The van der Waals surface area contributed by atoms with Gasteiger partial charge in [0.1, 0.15) is 17.3 Å². The van der Waals surface area contributed by atoms with Crippen LogP contribution in [0.4, 0.5) is 4.39 Å². The molecule has 0 saturated heterocycles. The van der Waals surface area contributed by atoms with E-state index in [0.717, 1.165) is 16.5 Å². The summed E-state index contributed by atoms with van der Waals surface area (Å²) in [7, 11) is 0. The largest absolute Gasteiger partial charge is 0.456 e. The second-order valence-corrected chi connectivity index (χ2v) is 6.12. The Kier molecular flexibility index (Phi) is 5.62. The van der Waals surface area contributed by atoms with Gasteiger partial charge in [-0.25, -0.2) is 4.39 Å². The number of halogens is 3. The van der Waals surface area contributed by atoms with Crippen molar-refractivity contribution in [1.29, 1.82) is 0 Å². The van der Waals surface area contributed by atoms with Crippen molar-refractivity contribution in [2.45, 2.75) is 25.8 Å². The molecule has 0 aliphatic rings. The Hall–Kier alpha value is -1.10. The highest BCUT2D eigenvalue weighted by Crippen LogP contribution is 2.33. The van der Waals surface area contributed by atoms with Crippen LogP contribution in [0.1, 0.15) is 18.9 Å². The van der Waals surface area contributed by atoms with E-state index in [2.05, 4.69) is 15.9 Å². The molecule has 2 nitrogen and oxygen atoms in total. The van der Waals surface area contributed by atoms with Gasteiger partial charge >= 0.3 is 0 Å². The second-order valence-electron chi connectivity index (χ2n) is 4.80. The van der Waals surface area contributed by atoms with Gasteiger partial charge in [-0.1, -0.05) is 34.5 Å². The number of hydrogen-bond donors (Lipinski definition) is 1. The lowest BCUT2D eigenvalue weighted by Crippen LogP contribution is -2.21. The molecule has 2 aromatic rings. The quantitative estimate of drug-likeness (QED) is 0.771. The van der Waals surface area contributed by atoms with Crippen LogP contribution in [0.25, 0.3) is 0 Å². The molecule has 2 rings (SSSR count). The molecule has 21 heavy (non-hydrogen) atoms. The lowest BCUT2D eigenvalue weighted by atomic mass is 10.0. The molecule has 5 heteroatoms. The fraction of sp³-hybridized carbons (Fsp3) is 0.250. The molecule has 0 bridgehead atoms. The van der Waals surface area contributed by atoms with Gasteiger partial charge in [0.25, 0.3) is 0 Å². The van der Waals surface area contributed by atoms with Crippen LogP contribution in [0, 0.1) is 5.82 Å². The summed E-state index contributed by atoms with van der Waals surface area (Å²) < 4.78 is 19.9. The molecule has 0 aromatic heterocycles. The minimum atomic E-state index is -0.392. The predicted molar refractivity (Wildman–Crippen MR) is 87.6 cm³/mol. The third kappa shape index (κ3) is 4.43. The van der Waals surface area contributed by atoms with E-state index in [1.807, 2.05) is 25.1 Å². The molecule has 0 aliphatic carbocycles. The van der Waals surface area contributed by atoms with E-state index in [9.17, 15) is 4.39 Å². The highest BCUT2D eigenvalue weighted by molar-refractivity contribution is 9.10. The molecule has 112 valence electrons. The van der Waals surface area contributed by atoms with Crippen LogP contribution < -0.4 is 10.5 Å². The summed E-state index contributed by atoms with van der Waals surface area (Å²) in [6.45, 7) is 2.04. The van der Waals surface area contributed by atoms with Crippen molar-refractivity contribution in [2.75, 3.05) is 0 Å². The molecule has 0 spiro atoms. The lowest BCUT2D eigenvalue weighted by molar-refractivity contribution is 0.470. The summed E-state index contributed by atoms with van der Waals surface area (Å²) in [6.07, 6.45) is 1.58. The van der Waals surface area contributed by atoms with E-state index in [1.54, 1.807) is 0 Å². The maximum atomic E-state index is 13.1. The van der Waals surface area contributed by atoms with Gasteiger partial charge < -0.3 is 10.5 Å². The van der Waals surface area contributed by atoms with Crippen molar-refractivity contribution >= 4 is 27.5 Å². The van der Waals surface area contributed by atoms with Crippen molar-refractivity contribution in [1.82, 2.24) is 0 Å². The summed E-state index contributed by atoms with van der Waals surface area (Å²) in [5, 5.41) is 0.239. The number of benzene rings is 2. The average Bonchev–Trinajstić information content (AvgIpc) is 2.44. The molecule has 2 aromatic carbocycles. The monoisotopic (exact) mass is 371 g/mol. The van der Waals surface area contributed by atoms with Crippen molar-refractivity contribution in [3.63, 3.8) is 0 Å². The first kappa shape index (κ1) is 16.3. The molecule has 1 unspecified atom stereocenters. The zero-order chi connectivity index (χ0) is 15.4. The first-order chi connectivity index (χ1) is 9.99. The Balaban J connectivity index is 2.30. The SMILES string of the molecule is CCC(N)Cc1cc(Br)ccc1Oc1ccc(F)cc1Cl. The Bertz CT molecular complexity index is 636. The zero-order valence-electron chi connectivity index (χ0n) is 11.6. The summed E-state index contributed by atoms with van der Waals surface area (Å²) in [5.41, 5.74) is 7.01. The van der Waals surface area contributed by atoms with Gasteiger partial charge in [0.2, 0.25) is 0 Å². The van der Waals surface area contributed by atoms with Gasteiger partial charge in [-0.3, -0.25) is 0 Å². The van der Waals surface area contributed by atoms with Gasteiger partial charge in [0, 0.05) is 10.5 Å². The zero-order valence-corrected chi connectivity index (χ0v) is 13.9. The Labute approximate surface area is 137 Å². The van der Waals surface area contributed by atoms with E-state index in [4.69, 9.17) is 22.1 Å². The normalized spacial score (nSPS) is 12.2. The first-order valence-electron chi connectivity index (χ1n) is 6.66.